The van der Waals surface area contributed by atoms with Gasteiger partial charge in [-0.25, -0.2) is 14.6 Å². The first-order valence-electron chi connectivity index (χ1n) is 8.82. The van der Waals surface area contributed by atoms with E-state index in [4.69, 9.17) is 10.8 Å². The van der Waals surface area contributed by atoms with Gasteiger partial charge in [-0.05, 0) is 62.4 Å². The van der Waals surface area contributed by atoms with Crippen LogP contribution in [0.1, 0.15) is 0 Å². The Labute approximate surface area is 171 Å². The molecule has 2 aromatic carbocycles. The van der Waals surface area contributed by atoms with Crippen LogP contribution in [0.5, 0.6) is 0 Å². The third kappa shape index (κ3) is 3.78. The van der Waals surface area contributed by atoms with E-state index in [0.717, 1.165) is 21.8 Å². The van der Waals surface area contributed by atoms with Crippen LogP contribution in [0.2, 0.25) is 0 Å². The summed E-state index contributed by atoms with van der Waals surface area (Å²) in [7, 11) is 4.00. The Hall–Kier alpha value is -3.43. The third-order valence-corrected chi connectivity index (χ3v) is 5.10. The van der Waals surface area contributed by atoms with Crippen molar-refractivity contribution in [3.8, 4) is 16.9 Å². The van der Waals surface area contributed by atoms with Gasteiger partial charge in [0.05, 0.1) is 11.1 Å². The van der Waals surface area contributed by atoms with Crippen molar-refractivity contribution < 1.29 is 4.79 Å². The number of hydrogen-bond acceptors (Lipinski definition) is 7. The maximum Gasteiger partial charge on any atom is 0.211 e. The summed E-state index contributed by atoms with van der Waals surface area (Å²) in [5, 5.41) is 8.11. The number of aromatic nitrogens is 4. The van der Waals surface area contributed by atoms with Crippen molar-refractivity contribution in [2.75, 3.05) is 25.1 Å². The monoisotopic (exact) mass is 405 g/mol. The predicted molar refractivity (Wildman–Crippen MR) is 116 cm³/mol. The first kappa shape index (κ1) is 18.9. The van der Waals surface area contributed by atoms with Crippen LogP contribution in [0.4, 0.5) is 11.5 Å². The van der Waals surface area contributed by atoms with E-state index >= 15 is 0 Å². The van der Waals surface area contributed by atoms with Crippen LogP contribution in [0.25, 0.3) is 28.0 Å². The molecule has 0 fully saturated rings. The number of benzene rings is 2. The van der Waals surface area contributed by atoms with Gasteiger partial charge < -0.3 is 11.1 Å². The average Bonchev–Trinajstić information content (AvgIpc) is 3.10. The van der Waals surface area contributed by atoms with Gasteiger partial charge in [-0.15, -0.1) is 0 Å². The first-order valence-corrected chi connectivity index (χ1v) is 9.59. The van der Waals surface area contributed by atoms with Crippen LogP contribution >= 0.6 is 11.9 Å². The molecule has 0 aliphatic carbocycles. The zero-order chi connectivity index (χ0) is 20.4. The smallest absolute Gasteiger partial charge is 0.211 e. The molecule has 0 saturated heterocycles. The van der Waals surface area contributed by atoms with Gasteiger partial charge in [-0.3, -0.25) is 9.10 Å². The lowest BCUT2D eigenvalue weighted by molar-refractivity contribution is -0.105. The van der Waals surface area contributed by atoms with Crippen LogP contribution in [0.15, 0.2) is 59.8 Å². The molecule has 0 radical (unpaired) electrons. The highest BCUT2D eigenvalue weighted by Crippen LogP contribution is 2.33. The molecule has 146 valence electrons. The van der Waals surface area contributed by atoms with Gasteiger partial charge in [0, 0.05) is 16.1 Å². The Morgan fingerprint density at radius 1 is 1.07 bits per heavy atom. The topological polar surface area (TPSA) is 102 Å². The minimum absolute atomic E-state index is 0.377. The fraction of sp³-hybridized carbons (Fsp3) is 0.100. The lowest BCUT2D eigenvalue weighted by Crippen LogP contribution is -2.00. The molecule has 29 heavy (non-hydrogen) atoms. The van der Waals surface area contributed by atoms with Crippen molar-refractivity contribution in [1.29, 1.82) is 0 Å². The quantitative estimate of drug-likeness (QED) is 0.375. The maximum atomic E-state index is 10.6. The fourth-order valence-corrected chi connectivity index (χ4v) is 3.69. The number of nitrogen functional groups attached to an aromatic ring is 1. The largest absolute Gasteiger partial charge is 0.383 e. The average molecular weight is 405 g/mol. The van der Waals surface area contributed by atoms with E-state index in [2.05, 4.69) is 15.3 Å². The van der Waals surface area contributed by atoms with Crippen molar-refractivity contribution in [3.63, 3.8) is 0 Å². The molecule has 0 bridgehead atoms. The second-order valence-corrected chi connectivity index (χ2v) is 7.84. The highest BCUT2D eigenvalue weighted by atomic mass is 32.2. The molecule has 0 saturated carbocycles. The Morgan fingerprint density at radius 3 is 2.45 bits per heavy atom. The van der Waals surface area contributed by atoms with Gasteiger partial charge in [0.2, 0.25) is 6.41 Å². The molecule has 0 spiro atoms. The van der Waals surface area contributed by atoms with Crippen LogP contribution in [0, 0.1) is 0 Å². The van der Waals surface area contributed by atoms with E-state index in [1.165, 1.54) is 6.33 Å². The summed E-state index contributed by atoms with van der Waals surface area (Å²) in [5.74, 6) is 0.377. The second-order valence-electron chi connectivity index (χ2n) is 6.46. The van der Waals surface area contributed by atoms with Crippen LogP contribution in [-0.2, 0) is 4.79 Å². The van der Waals surface area contributed by atoms with E-state index in [1.807, 2.05) is 54.8 Å². The molecule has 0 atom stereocenters. The molecular weight excluding hydrogens is 386 g/mol. The van der Waals surface area contributed by atoms with Crippen LogP contribution in [-0.4, -0.2) is 44.6 Å². The number of fused-ring (bicyclic) bond motifs is 1. The standard InChI is InChI=1S/C20H19N7OS/c1-26(2)29-16-9-3-13(4-10-16)18-17-19(21)22-11-23-20(17)27(25-18)15-7-5-14(6-8-15)24-12-28/h3-12H,1-2H3,(H,24,28)(H2,21,22,23). The van der Waals surface area contributed by atoms with E-state index in [0.29, 0.717) is 28.9 Å². The van der Waals surface area contributed by atoms with Gasteiger partial charge in [-0.1, -0.05) is 12.1 Å². The molecule has 0 aliphatic rings. The molecule has 4 rings (SSSR count). The molecule has 1 amide bonds. The molecule has 2 aromatic heterocycles. The minimum atomic E-state index is 0.377. The zero-order valence-electron chi connectivity index (χ0n) is 15.9. The normalized spacial score (nSPS) is 11.1. The minimum Gasteiger partial charge on any atom is -0.383 e. The molecule has 3 N–H and O–H groups in total. The number of carbonyl (C=O) groups is 1. The number of hydrogen-bond donors (Lipinski definition) is 2. The van der Waals surface area contributed by atoms with Gasteiger partial charge >= 0.3 is 0 Å². The summed E-state index contributed by atoms with van der Waals surface area (Å²) >= 11 is 1.64. The van der Waals surface area contributed by atoms with Gasteiger partial charge in [-0.2, -0.15) is 5.10 Å². The summed E-state index contributed by atoms with van der Waals surface area (Å²) in [6.07, 6.45) is 2.07. The number of nitrogens with zero attached hydrogens (tertiary/aromatic N) is 5. The number of rotatable bonds is 6. The molecular formula is C20H19N7OS. The van der Waals surface area contributed by atoms with E-state index in [1.54, 1.807) is 28.8 Å². The van der Waals surface area contributed by atoms with Crippen molar-refractivity contribution >= 4 is 40.9 Å². The SMILES string of the molecule is CN(C)Sc1ccc(-c2nn(-c3ccc(NC=O)cc3)c3ncnc(N)c23)cc1. The van der Waals surface area contributed by atoms with E-state index in [9.17, 15) is 4.79 Å². The van der Waals surface area contributed by atoms with Gasteiger partial charge in [0.25, 0.3) is 0 Å². The molecule has 0 unspecified atom stereocenters. The molecule has 0 aliphatic heterocycles. The first-order chi connectivity index (χ1) is 14.1. The lowest BCUT2D eigenvalue weighted by atomic mass is 10.1. The van der Waals surface area contributed by atoms with Crippen LogP contribution in [0.3, 0.4) is 0 Å². The van der Waals surface area contributed by atoms with E-state index < -0.39 is 0 Å². The molecule has 4 aromatic rings. The summed E-state index contributed by atoms with van der Waals surface area (Å²) in [4.78, 5) is 20.3. The molecule has 2 heterocycles. The number of amides is 1. The summed E-state index contributed by atoms with van der Waals surface area (Å²) in [6.45, 7) is 0. The second kappa shape index (κ2) is 7.90. The number of nitrogens with two attached hydrogens (primary N) is 1. The zero-order valence-corrected chi connectivity index (χ0v) is 16.7. The Kier molecular flexibility index (Phi) is 5.15. The van der Waals surface area contributed by atoms with Crippen LogP contribution < -0.4 is 11.1 Å². The number of nitrogens with one attached hydrogen (secondary N) is 1. The molecule has 9 heteroatoms. The summed E-state index contributed by atoms with van der Waals surface area (Å²) in [6, 6.07) is 15.4. The third-order valence-electron chi connectivity index (χ3n) is 4.25. The molecule has 8 nitrogen and oxygen atoms in total. The van der Waals surface area contributed by atoms with Crippen molar-refractivity contribution in [1.82, 2.24) is 24.1 Å². The van der Waals surface area contributed by atoms with Gasteiger partial charge in [0.15, 0.2) is 5.65 Å². The number of anilines is 2. The summed E-state index contributed by atoms with van der Waals surface area (Å²) in [5.41, 5.74) is 9.95. The number of carbonyl (C=O) groups excluding carboxylic acids is 1. The summed E-state index contributed by atoms with van der Waals surface area (Å²) < 4.78 is 3.77. The van der Waals surface area contributed by atoms with E-state index in [-0.39, 0.29) is 0 Å². The predicted octanol–water partition coefficient (Wildman–Crippen LogP) is 3.20. The maximum absolute atomic E-state index is 10.6. The fourth-order valence-electron chi connectivity index (χ4n) is 3.01. The Bertz CT molecular complexity index is 1150. The Balaban J connectivity index is 1.82. The highest BCUT2D eigenvalue weighted by Gasteiger charge is 2.18. The lowest BCUT2D eigenvalue weighted by Gasteiger charge is -2.08. The van der Waals surface area contributed by atoms with Crippen molar-refractivity contribution in [2.45, 2.75) is 4.90 Å². The Morgan fingerprint density at radius 2 is 1.79 bits per heavy atom. The van der Waals surface area contributed by atoms with Crippen molar-refractivity contribution in [2.24, 2.45) is 0 Å². The van der Waals surface area contributed by atoms with Crippen molar-refractivity contribution in [3.05, 3.63) is 54.9 Å². The highest BCUT2D eigenvalue weighted by molar-refractivity contribution is 7.97. The van der Waals surface area contributed by atoms with Gasteiger partial charge in [0.1, 0.15) is 17.8 Å².